The van der Waals surface area contributed by atoms with E-state index in [4.69, 9.17) is 0 Å². The van der Waals surface area contributed by atoms with Crippen LogP contribution in [0.2, 0.25) is 0 Å². The first-order valence-corrected chi connectivity index (χ1v) is 9.47. The van der Waals surface area contributed by atoms with Crippen LogP contribution < -0.4 is 5.32 Å². The van der Waals surface area contributed by atoms with E-state index in [1.807, 2.05) is 0 Å². The Kier molecular flexibility index (Phi) is 4.91. The predicted molar refractivity (Wildman–Crippen MR) is 94.1 cm³/mol. The molecule has 1 saturated heterocycles. The Balaban J connectivity index is 1.78. The second kappa shape index (κ2) is 6.94. The number of thiophene rings is 1. The van der Waals surface area contributed by atoms with Crippen LogP contribution in [0, 0.1) is 5.82 Å². The van der Waals surface area contributed by atoms with E-state index in [0.29, 0.717) is 17.7 Å². The third-order valence-corrected chi connectivity index (χ3v) is 6.19. The Bertz CT molecular complexity index is 751. The van der Waals surface area contributed by atoms with Crippen molar-refractivity contribution in [2.24, 2.45) is 0 Å². The van der Waals surface area contributed by atoms with Crippen LogP contribution in [0.3, 0.4) is 0 Å². The summed E-state index contributed by atoms with van der Waals surface area (Å²) in [4.78, 5) is 25.4. The van der Waals surface area contributed by atoms with Crippen molar-refractivity contribution in [2.45, 2.75) is 18.4 Å². The number of hydrogen-bond acceptors (Lipinski definition) is 4. The lowest BCUT2D eigenvalue weighted by Crippen LogP contribution is -2.56. The average molecular weight is 365 g/mol. The summed E-state index contributed by atoms with van der Waals surface area (Å²) in [5.74, 6) is -0.226. The van der Waals surface area contributed by atoms with E-state index in [1.165, 1.54) is 23.5 Å². The van der Waals surface area contributed by atoms with Gasteiger partial charge in [0.2, 0.25) is 0 Å². The highest BCUT2D eigenvalue weighted by atomic mass is 32.2. The smallest absolute Gasteiger partial charge is 0.329 e. The van der Waals surface area contributed by atoms with Crippen molar-refractivity contribution in [3.63, 3.8) is 0 Å². The van der Waals surface area contributed by atoms with Crippen LogP contribution in [-0.2, 0) is 4.79 Å². The first-order chi connectivity index (χ1) is 11.5. The zero-order valence-corrected chi connectivity index (χ0v) is 14.4. The van der Waals surface area contributed by atoms with Crippen LogP contribution in [0.5, 0.6) is 0 Å². The summed E-state index contributed by atoms with van der Waals surface area (Å²) < 4.78 is 13.0. The summed E-state index contributed by atoms with van der Waals surface area (Å²) in [5, 5.41) is 12.3. The van der Waals surface area contributed by atoms with Gasteiger partial charge in [0.15, 0.2) is 0 Å². The van der Waals surface area contributed by atoms with Crippen LogP contribution in [0.15, 0.2) is 36.4 Å². The van der Waals surface area contributed by atoms with Gasteiger partial charge in [-0.3, -0.25) is 4.79 Å². The highest BCUT2D eigenvalue weighted by molar-refractivity contribution is 7.99. The number of thioether (sulfide) groups is 1. The van der Waals surface area contributed by atoms with Gasteiger partial charge in [-0.15, -0.1) is 11.3 Å². The van der Waals surface area contributed by atoms with Crippen molar-refractivity contribution >= 4 is 35.0 Å². The van der Waals surface area contributed by atoms with Gasteiger partial charge < -0.3 is 10.4 Å². The van der Waals surface area contributed by atoms with Crippen LogP contribution in [0.25, 0.3) is 10.4 Å². The summed E-state index contributed by atoms with van der Waals surface area (Å²) in [5.41, 5.74) is -0.356. The lowest BCUT2D eigenvalue weighted by Gasteiger charge is -2.33. The maximum Gasteiger partial charge on any atom is 0.329 e. The summed E-state index contributed by atoms with van der Waals surface area (Å²) >= 11 is 2.96. The van der Waals surface area contributed by atoms with E-state index in [0.717, 1.165) is 21.9 Å². The highest BCUT2D eigenvalue weighted by Gasteiger charge is 2.41. The topological polar surface area (TPSA) is 66.4 Å². The van der Waals surface area contributed by atoms with Crippen LogP contribution in [0.4, 0.5) is 4.39 Å². The normalized spacial score (nSPS) is 16.5. The zero-order valence-electron chi connectivity index (χ0n) is 12.8. The second-order valence-corrected chi connectivity index (χ2v) is 7.93. The molecule has 2 N–H and O–H groups in total. The number of aliphatic carboxylic acids is 1. The minimum Gasteiger partial charge on any atom is -0.480 e. The van der Waals surface area contributed by atoms with Gasteiger partial charge in [-0.2, -0.15) is 11.8 Å². The molecule has 1 amide bonds. The number of halogens is 1. The molecule has 126 valence electrons. The van der Waals surface area contributed by atoms with E-state index >= 15 is 0 Å². The number of rotatable bonds is 4. The predicted octanol–water partition coefficient (Wildman–Crippen LogP) is 3.63. The molecule has 0 unspecified atom stereocenters. The number of carboxylic acids is 1. The molecule has 4 nitrogen and oxygen atoms in total. The van der Waals surface area contributed by atoms with Gasteiger partial charge in [-0.25, -0.2) is 9.18 Å². The molecular weight excluding hydrogens is 349 g/mol. The monoisotopic (exact) mass is 365 g/mol. The Morgan fingerprint density at radius 2 is 1.75 bits per heavy atom. The molecule has 1 aromatic heterocycles. The minimum absolute atomic E-state index is 0.313. The standard InChI is InChI=1S/C17H16FNO3S2/c18-12-3-1-11(2-4-12)13-5-6-14(24-13)15(20)19-17(16(21)22)7-9-23-10-8-17/h1-6H,7-10H2,(H,19,20)(H,21,22). The largest absolute Gasteiger partial charge is 0.480 e. The fraction of sp³-hybridized carbons (Fsp3) is 0.294. The maximum atomic E-state index is 13.0. The third kappa shape index (κ3) is 3.47. The van der Waals surface area contributed by atoms with E-state index in [-0.39, 0.29) is 11.7 Å². The number of carbonyl (C=O) groups is 2. The van der Waals surface area contributed by atoms with Gasteiger partial charge in [0.05, 0.1) is 4.88 Å². The van der Waals surface area contributed by atoms with Gasteiger partial charge in [0.25, 0.3) is 5.91 Å². The summed E-state index contributed by atoms with van der Waals surface area (Å²) in [6.45, 7) is 0. The van der Waals surface area contributed by atoms with E-state index < -0.39 is 11.5 Å². The number of nitrogens with one attached hydrogen (secondary N) is 1. The first kappa shape index (κ1) is 17.0. The Hall–Kier alpha value is -1.86. The van der Waals surface area contributed by atoms with Crippen molar-refractivity contribution in [2.75, 3.05) is 11.5 Å². The molecule has 0 bridgehead atoms. The van der Waals surface area contributed by atoms with E-state index in [9.17, 15) is 19.1 Å². The Morgan fingerprint density at radius 3 is 2.38 bits per heavy atom. The quantitative estimate of drug-likeness (QED) is 0.868. The Labute approximate surface area is 147 Å². The molecule has 1 aliphatic heterocycles. The van der Waals surface area contributed by atoms with Gasteiger partial charge in [-0.1, -0.05) is 12.1 Å². The van der Waals surface area contributed by atoms with Crippen molar-refractivity contribution in [1.29, 1.82) is 0 Å². The molecule has 0 aliphatic carbocycles. The van der Waals surface area contributed by atoms with Crippen molar-refractivity contribution in [1.82, 2.24) is 5.32 Å². The number of carbonyl (C=O) groups excluding carboxylic acids is 1. The lowest BCUT2D eigenvalue weighted by atomic mass is 9.92. The molecule has 1 fully saturated rings. The summed E-state index contributed by atoms with van der Waals surface area (Å²) in [7, 11) is 0. The molecule has 0 saturated carbocycles. The summed E-state index contributed by atoms with van der Waals surface area (Å²) in [6, 6.07) is 9.50. The van der Waals surface area contributed by atoms with Crippen LogP contribution >= 0.6 is 23.1 Å². The molecule has 2 heterocycles. The van der Waals surface area contributed by atoms with E-state index in [2.05, 4.69) is 5.32 Å². The minimum atomic E-state index is -1.18. The van der Waals surface area contributed by atoms with Crippen molar-refractivity contribution < 1.29 is 19.1 Å². The highest BCUT2D eigenvalue weighted by Crippen LogP contribution is 2.31. The number of amides is 1. The fourth-order valence-corrected chi connectivity index (χ4v) is 4.72. The molecule has 0 atom stereocenters. The molecule has 3 rings (SSSR count). The second-order valence-electron chi connectivity index (χ2n) is 5.62. The number of carboxylic acid groups (broad SMARTS) is 1. The molecule has 2 aromatic rings. The Morgan fingerprint density at radius 1 is 1.08 bits per heavy atom. The molecule has 7 heteroatoms. The van der Waals surface area contributed by atoms with Gasteiger partial charge in [0, 0.05) is 4.88 Å². The molecule has 1 aromatic carbocycles. The maximum absolute atomic E-state index is 13.0. The van der Waals surface area contributed by atoms with Gasteiger partial charge in [-0.05, 0) is 54.2 Å². The lowest BCUT2D eigenvalue weighted by molar-refractivity contribution is -0.144. The van der Waals surface area contributed by atoms with Crippen LogP contribution in [0.1, 0.15) is 22.5 Å². The third-order valence-electron chi connectivity index (χ3n) is 4.07. The molecule has 0 spiro atoms. The van der Waals surface area contributed by atoms with Crippen molar-refractivity contribution in [3.05, 3.63) is 47.1 Å². The van der Waals surface area contributed by atoms with Gasteiger partial charge in [0.1, 0.15) is 11.4 Å². The zero-order chi connectivity index (χ0) is 17.2. The summed E-state index contributed by atoms with van der Waals surface area (Å²) in [6.07, 6.45) is 0.851. The molecule has 1 aliphatic rings. The molecule has 24 heavy (non-hydrogen) atoms. The van der Waals surface area contributed by atoms with Crippen LogP contribution in [-0.4, -0.2) is 34.0 Å². The SMILES string of the molecule is O=C(NC1(C(=O)O)CCSCC1)c1ccc(-c2ccc(F)cc2)s1. The van der Waals surface area contributed by atoms with Gasteiger partial charge >= 0.3 is 5.97 Å². The number of hydrogen-bond donors (Lipinski definition) is 2. The first-order valence-electron chi connectivity index (χ1n) is 7.50. The molecule has 0 radical (unpaired) electrons. The van der Waals surface area contributed by atoms with Crippen molar-refractivity contribution in [3.8, 4) is 10.4 Å². The molecular formula is C17H16FNO3S2. The van der Waals surface area contributed by atoms with E-state index in [1.54, 1.807) is 36.0 Å². The average Bonchev–Trinajstić information content (AvgIpc) is 3.06. The number of benzene rings is 1. The fourth-order valence-electron chi connectivity index (χ4n) is 2.62.